The molecule has 10 atom stereocenters. The fourth-order valence-corrected chi connectivity index (χ4v) is 9.30. The van der Waals surface area contributed by atoms with Crippen LogP contribution in [0.1, 0.15) is 100 Å². The van der Waals surface area contributed by atoms with Crippen LogP contribution in [-0.2, 0) is 14.3 Å². The minimum absolute atomic E-state index is 0.0668. The van der Waals surface area contributed by atoms with E-state index in [1.807, 2.05) is 0 Å². The predicted molar refractivity (Wildman–Crippen MR) is 145 cm³/mol. The molecule has 0 spiro atoms. The van der Waals surface area contributed by atoms with Crippen molar-refractivity contribution in [2.75, 3.05) is 0 Å². The standard InChI is InChI=1S/C25H38O6.C6H12/c1-13-16-6-9-24(4)22(23(16,3)8-7-18(13)27)19(28)11-17-15(10-21(29)30)20(31-14(2)26)12-25(17,24)5;1-4-5-6(2)3/h10,13,16-20,22,27-28H,6-9,11-12H2,1-5H3,(H,29,30);5H,4H2,1-3H3/b15-10-;/t13-,16-,17-,18+,19+,20-,22-,23-,24-,25-;/m0./s1. The van der Waals surface area contributed by atoms with Gasteiger partial charge in [0.15, 0.2) is 0 Å². The van der Waals surface area contributed by atoms with Crippen LogP contribution in [0.25, 0.3) is 0 Å². The molecule has 0 aromatic heterocycles. The Balaban J connectivity index is 0.000000568. The number of ether oxygens (including phenoxy) is 1. The van der Waals surface area contributed by atoms with Crippen LogP contribution < -0.4 is 0 Å². The van der Waals surface area contributed by atoms with Gasteiger partial charge in [-0.15, -0.1) is 0 Å². The van der Waals surface area contributed by atoms with Crippen molar-refractivity contribution < 1.29 is 29.6 Å². The third-order valence-corrected chi connectivity index (χ3v) is 11.0. The van der Waals surface area contributed by atoms with Crippen molar-refractivity contribution in [3.05, 3.63) is 23.3 Å². The third kappa shape index (κ3) is 5.17. The van der Waals surface area contributed by atoms with Gasteiger partial charge in [-0.05, 0) is 104 Å². The molecule has 3 N–H and O–H groups in total. The molecule has 4 aliphatic carbocycles. The van der Waals surface area contributed by atoms with Gasteiger partial charge in [0.25, 0.3) is 0 Å². The van der Waals surface area contributed by atoms with Crippen LogP contribution in [0.4, 0.5) is 0 Å². The molecular weight excluding hydrogens is 468 g/mol. The lowest BCUT2D eigenvalue weighted by molar-refractivity contribution is -0.234. The van der Waals surface area contributed by atoms with Crippen molar-refractivity contribution in [1.82, 2.24) is 0 Å². The molecule has 0 aliphatic heterocycles. The molecular formula is C31H50O6. The number of allylic oxidation sites excluding steroid dienone is 2. The van der Waals surface area contributed by atoms with Gasteiger partial charge in [0.05, 0.1) is 12.2 Å². The first-order chi connectivity index (χ1) is 17.1. The first kappa shape index (κ1) is 29.9. The Morgan fingerprint density at radius 1 is 1.03 bits per heavy atom. The van der Waals surface area contributed by atoms with Gasteiger partial charge in [-0.1, -0.05) is 46.3 Å². The maximum atomic E-state index is 11.8. The Kier molecular flexibility index (Phi) is 8.76. The van der Waals surface area contributed by atoms with Gasteiger partial charge < -0.3 is 20.1 Å². The number of aliphatic carboxylic acids is 1. The minimum atomic E-state index is -1.04. The highest BCUT2D eigenvalue weighted by atomic mass is 16.5. The van der Waals surface area contributed by atoms with Crippen LogP contribution in [0, 0.1) is 39.9 Å². The van der Waals surface area contributed by atoms with E-state index in [0.717, 1.165) is 25.7 Å². The second kappa shape index (κ2) is 10.8. The van der Waals surface area contributed by atoms with Crippen molar-refractivity contribution >= 4 is 11.9 Å². The number of esters is 1. The van der Waals surface area contributed by atoms with E-state index in [2.05, 4.69) is 54.5 Å². The molecule has 0 radical (unpaired) electrons. The monoisotopic (exact) mass is 518 g/mol. The van der Waals surface area contributed by atoms with E-state index in [1.165, 1.54) is 25.0 Å². The number of hydrogen-bond acceptors (Lipinski definition) is 5. The average molecular weight is 519 g/mol. The summed E-state index contributed by atoms with van der Waals surface area (Å²) in [6.07, 6.45) is 7.86. The van der Waals surface area contributed by atoms with Gasteiger partial charge in [-0.3, -0.25) is 4.79 Å². The second-order valence-electron chi connectivity index (χ2n) is 13.3. The lowest BCUT2D eigenvalue weighted by Crippen LogP contribution is -2.65. The lowest BCUT2D eigenvalue weighted by Gasteiger charge is -2.68. The summed E-state index contributed by atoms with van der Waals surface area (Å²) in [4.78, 5) is 23.4. The number of carboxylic acids is 1. The molecule has 4 rings (SSSR count). The van der Waals surface area contributed by atoms with Gasteiger partial charge in [-0.2, -0.15) is 0 Å². The molecule has 0 bridgehead atoms. The largest absolute Gasteiger partial charge is 0.478 e. The smallest absolute Gasteiger partial charge is 0.328 e. The number of aliphatic hydroxyl groups excluding tert-OH is 2. The highest BCUT2D eigenvalue weighted by molar-refractivity contribution is 5.81. The van der Waals surface area contributed by atoms with Crippen LogP contribution in [0.2, 0.25) is 0 Å². The first-order valence-electron chi connectivity index (χ1n) is 14.2. The van der Waals surface area contributed by atoms with Crippen molar-refractivity contribution in [3.63, 3.8) is 0 Å². The average Bonchev–Trinajstić information content (AvgIpc) is 3.02. The summed E-state index contributed by atoms with van der Waals surface area (Å²) in [5, 5.41) is 31.6. The first-order valence-corrected chi connectivity index (χ1v) is 14.2. The Hall–Kier alpha value is -1.66. The molecule has 0 heterocycles. The number of carboxylic acid groups (broad SMARTS) is 1. The molecule has 0 amide bonds. The number of carbonyl (C=O) groups excluding carboxylic acids is 1. The molecule has 4 saturated carbocycles. The maximum absolute atomic E-state index is 11.8. The lowest BCUT2D eigenvalue weighted by atomic mass is 9.36. The van der Waals surface area contributed by atoms with Crippen LogP contribution in [0.5, 0.6) is 0 Å². The van der Waals surface area contributed by atoms with Gasteiger partial charge >= 0.3 is 11.9 Å². The van der Waals surface area contributed by atoms with E-state index in [9.17, 15) is 24.9 Å². The topological polar surface area (TPSA) is 104 Å². The van der Waals surface area contributed by atoms with E-state index in [0.29, 0.717) is 24.3 Å². The van der Waals surface area contributed by atoms with Gasteiger partial charge in [0.2, 0.25) is 0 Å². The summed E-state index contributed by atoms with van der Waals surface area (Å²) in [6.45, 7) is 16.7. The van der Waals surface area contributed by atoms with E-state index in [-0.39, 0.29) is 40.1 Å². The molecule has 6 heteroatoms. The molecule has 0 saturated heterocycles. The fourth-order valence-electron chi connectivity index (χ4n) is 9.30. The Labute approximate surface area is 223 Å². The molecule has 4 aliphatic rings. The fraction of sp³-hybridized carbons (Fsp3) is 0.806. The van der Waals surface area contributed by atoms with Gasteiger partial charge in [0, 0.05) is 13.0 Å². The van der Waals surface area contributed by atoms with E-state index in [4.69, 9.17) is 4.74 Å². The minimum Gasteiger partial charge on any atom is -0.478 e. The molecule has 6 nitrogen and oxygen atoms in total. The van der Waals surface area contributed by atoms with E-state index < -0.39 is 24.1 Å². The third-order valence-electron chi connectivity index (χ3n) is 11.0. The van der Waals surface area contributed by atoms with Gasteiger partial charge in [0.1, 0.15) is 6.10 Å². The molecule has 210 valence electrons. The SMILES string of the molecule is CC(=O)O[C@H]1C[C@@]2(C)[C@@H](C[C@@H](O)[C@H]3[C@@]4(C)CC[C@@H](O)[C@@H](C)[C@@H]4CC[C@@]32C)/C1=C/C(=O)O.CCC=C(C)C. The Bertz CT molecular complexity index is 934. The summed E-state index contributed by atoms with van der Waals surface area (Å²) in [6, 6.07) is 0. The van der Waals surface area contributed by atoms with Crippen LogP contribution in [0.3, 0.4) is 0 Å². The Morgan fingerprint density at radius 2 is 1.68 bits per heavy atom. The van der Waals surface area contributed by atoms with Crippen LogP contribution in [-0.4, -0.2) is 45.6 Å². The van der Waals surface area contributed by atoms with Crippen molar-refractivity contribution in [3.8, 4) is 0 Å². The van der Waals surface area contributed by atoms with Crippen molar-refractivity contribution in [1.29, 1.82) is 0 Å². The summed E-state index contributed by atoms with van der Waals surface area (Å²) in [5.41, 5.74) is 1.50. The zero-order valence-electron chi connectivity index (χ0n) is 24.2. The zero-order chi connectivity index (χ0) is 27.9. The maximum Gasteiger partial charge on any atom is 0.328 e. The number of hydrogen-bond donors (Lipinski definition) is 3. The van der Waals surface area contributed by atoms with E-state index >= 15 is 0 Å². The number of fused-ring (bicyclic) bond motifs is 5. The van der Waals surface area contributed by atoms with Crippen LogP contribution in [0.15, 0.2) is 23.3 Å². The summed E-state index contributed by atoms with van der Waals surface area (Å²) >= 11 is 0. The highest BCUT2D eigenvalue weighted by Crippen LogP contribution is 2.74. The molecule has 0 aromatic rings. The summed E-state index contributed by atoms with van der Waals surface area (Å²) < 4.78 is 5.62. The highest BCUT2D eigenvalue weighted by Gasteiger charge is 2.70. The number of rotatable bonds is 3. The normalized spacial score (nSPS) is 45.5. The number of carbonyl (C=O) groups is 2. The summed E-state index contributed by atoms with van der Waals surface area (Å²) in [5.74, 6) is -0.932. The zero-order valence-corrected chi connectivity index (χ0v) is 24.2. The summed E-state index contributed by atoms with van der Waals surface area (Å²) in [7, 11) is 0. The Morgan fingerprint density at radius 3 is 2.19 bits per heavy atom. The molecule has 0 unspecified atom stereocenters. The molecule has 0 aromatic carbocycles. The van der Waals surface area contributed by atoms with Crippen molar-refractivity contribution in [2.24, 2.45) is 39.9 Å². The quantitative estimate of drug-likeness (QED) is 0.244. The molecule has 4 fully saturated rings. The van der Waals surface area contributed by atoms with Crippen LogP contribution >= 0.6 is 0 Å². The van der Waals surface area contributed by atoms with E-state index in [1.54, 1.807) is 0 Å². The molecule has 37 heavy (non-hydrogen) atoms. The second-order valence-corrected chi connectivity index (χ2v) is 13.3. The van der Waals surface area contributed by atoms with Gasteiger partial charge in [-0.25, -0.2) is 4.79 Å². The van der Waals surface area contributed by atoms with Crippen molar-refractivity contribution in [2.45, 2.75) is 119 Å². The predicted octanol–water partition coefficient (Wildman–Crippen LogP) is 5.91. The number of aliphatic hydroxyl groups is 2.